The van der Waals surface area contributed by atoms with Gasteiger partial charge in [0.05, 0.1) is 6.20 Å². The number of anilines is 1. The monoisotopic (exact) mass is 403 g/mol. The maximum atomic E-state index is 13.4. The van der Waals surface area contributed by atoms with E-state index in [1.807, 2.05) is 24.3 Å². The Bertz CT molecular complexity index is 1470. The van der Waals surface area contributed by atoms with E-state index in [-0.39, 0.29) is 12.4 Å². The van der Waals surface area contributed by atoms with Crippen molar-refractivity contribution in [2.75, 3.05) is 5.32 Å². The van der Waals surface area contributed by atoms with Gasteiger partial charge in [0.25, 0.3) is 5.56 Å². The van der Waals surface area contributed by atoms with Crippen LogP contribution in [0, 0.1) is 5.82 Å². The zero-order valence-electron chi connectivity index (χ0n) is 15.4. The number of aromatic amines is 1. The lowest BCUT2D eigenvalue weighted by Crippen LogP contribution is -2.29. The molecule has 0 aliphatic rings. The Morgan fingerprint density at radius 3 is 2.87 bits per heavy atom. The fraction of sp³-hybridized carbons (Fsp3) is 0.0476. The van der Waals surface area contributed by atoms with E-state index in [0.29, 0.717) is 22.2 Å². The zero-order valence-corrected chi connectivity index (χ0v) is 15.4. The fourth-order valence-corrected chi connectivity index (χ4v) is 3.32. The molecule has 0 spiro atoms. The minimum absolute atomic E-state index is 0.0824. The van der Waals surface area contributed by atoms with Gasteiger partial charge in [0.15, 0.2) is 0 Å². The van der Waals surface area contributed by atoms with E-state index < -0.39 is 17.3 Å². The lowest BCUT2D eigenvalue weighted by molar-refractivity contribution is -0.117. The number of hydrogen-bond donors (Lipinski definition) is 2. The molecule has 5 rings (SSSR count). The number of amides is 1. The van der Waals surface area contributed by atoms with E-state index in [9.17, 15) is 14.0 Å². The van der Waals surface area contributed by atoms with E-state index in [1.165, 1.54) is 18.2 Å². The second kappa shape index (κ2) is 6.96. The third-order valence-corrected chi connectivity index (χ3v) is 4.71. The van der Waals surface area contributed by atoms with Crippen molar-refractivity contribution in [3.05, 3.63) is 77.0 Å². The van der Waals surface area contributed by atoms with Gasteiger partial charge in [-0.3, -0.25) is 14.9 Å². The summed E-state index contributed by atoms with van der Waals surface area (Å²) in [5.41, 5.74) is 1.69. The molecule has 0 saturated carbocycles. The van der Waals surface area contributed by atoms with Crippen molar-refractivity contribution in [2.45, 2.75) is 6.54 Å². The standard InChI is InChI=1S/C21H14FN5O3/c22-13-5-3-4-12(8-13)17-9-19(30-26-17)25-18(28)11-27-21(29)20-15(10-23-27)14-6-1-2-7-16(14)24-20/h1-10,24H,11H2,(H,25,28). The van der Waals surface area contributed by atoms with Crippen LogP contribution in [0.25, 0.3) is 33.1 Å². The number of halogens is 1. The largest absolute Gasteiger partial charge is 0.350 e. The summed E-state index contributed by atoms with van der Waals surface area (Å²) in [5, 5.41) is 12.0. The normalized spacial score (nSPS) is 11.2. The Morgan fingerprint density at radius 1 is 1.13 bits per heavy atom. The quantitative estimate of drug-likeness (QED) is 0.479. The predicted molar refractivity (Wildman–Crippen MR) is 108 cm³/mol. The van der Waals surface area contributed by atoms with Crippen LogP contribution in [0.2, 0.25) is 0 Å². The number of rotatable bonds is 4. The number of carbonyl (C=O) groups is 1. The highest BCUT2D eigenvalue weighted by Crippen LogP contribution is 2.23. The van der Waals surface area contributed by atoms with E-state index in [2.05, 4.69) is 20.6 Å². The van der Waals surface area contributed by atoms with Crippen LogP contribution >= 0.6 is 0 Å². The summed E-state index contributed by atoms with van der Waals surface area (Å²) in [4.78, 5) is 28.2. The van der Waals surface area contributed by atoms with Gasteiger partial charge in [-0.1, -0.05) is 35.5 Å². The highest BCUT2D eigenvalue weighted by molar-refractivity contribution is 6.06. The van der Waals surface area contributed by atoms with Gasteiger partial charge < -0.3 is 9.51 Å². The number of aromatic nitrogens is 4. The van der Waals surface area contributed by atoms with Gasteiger partial charge in [-0.2, -0.15) is 5.10 Å². The van der Waals surface area contributed by atoms with Crippen molar-refractivity contribution >= 4 is 33.6 Å². The van der Waals surface area contributed by atoms with Crippen LogP contribution in [-0.2, 0) is 11.3 Å². The van der Waals surface area contributed by atoms with Crippen molar-refractivity contribution in [1.29, 1.82) is 0 Å². The first-order valence-electron chi connectivity index (χ1n) is 9.07. The van der Waals surface area contributed by atoms with E-state index in [0.717, 1.165) is 15.6 Å². The molecule has 1 amide bonds. The molecule has 9 heteroatoms. The van der Waals surface area contributed by atoms with Gasteiger partial charge in [-0.15, -0.1) is 0 Å². The molecule has 0 atom stereocenters. The number of benzene rings is 2. The molecule has 0 radical (unpaired) electrons. The molecule has 3 heterocycles. The van der Waals surface area contributed by atoms with Crippen molar-refractivity contribution in [3.8, 4) is 11.3 Å². The van der Waals surface area contributed by atoms with Crippen molar-refractivity contribution in [2.24, 2.45) is 0 Å². The van der Waals surface area contributed by atoms with Crippen molar-refractivity contribution < 1.29 is 13.7 Å². The second-order valence-corrected chi connectivity index (χ2v) is 6.70. The number of nitrogens with zero attached hydrogens (tertiary/aromatic N) is 3. The summed E-state index contributed by atoms with van der Waals surface area (Å²) in [6, 6.07) is 14.8. The number of fused-ring (bicyclic) bond motifs is 3. The molecular weight excluding hydrogens is 389 g/mol. The smallest absolute Gasteiger partial charge is 0.291 e. The first kappa shape index (κ1) is 17.8. The SMILES string of the molecule is O=C(Cn1ncc2c([nH]c3ccccc32)c1=O)Nc1cc(-c2cccc(F)c2)no1. The highest BCUT2D eigenvalue weighted by atomic mass is 19.1. The molecule has 0 saturated heterocycles. The van der Waals surface area contributed by atoms with Crippen molar-refractivity contribution in [1.82, 2.24) is 19.9 Å². The number of hydrogen-bond acceptors (Lipinski definition) is 5. The molecule has 0 aliphatic carbocycles. The third-order valence-electron chi connectivity index (χ3n) is 4.71. The first-order chi connectivity index (χ1) is 14.6. The van der Waals surface area contributed by atoms with E-state index in [1.54, 1.807) is 18.3 Å². The lowest BCUT2D eigenvalue weighted by Gasteiger charge is -2.04. The summed E-state index contributed by atoms with van der Waals surface area (Å²) in [6.45, 7) is -0.305. The number of nitrogens with one attached hydrogen (secondary N) is 2. The molecule has 3 aromatic heterocycles. The summed E-state index contributed by atoms with van der Waals surface area (Å²) in [7, 11) is 0. The number of carbonyl (C=O) groups excluding carboxylic acids is 1. The van der Waals surface area contributed by atoms with Crippen LogP contribution < -0.4 is 10.9 Å². The average Bonchev–Trinajstić information content (AvgIpc) is 3.35. The third kappa shape index (κ3) is 3.12. The summed E-state index contributed by atoms with van der Waals surface area (Å²) >= 11 is 0. The molecule has 0 aliphatic heterocycles. The Kier molecular flexibility index (Phi) is 4.13. The van der Waals surface area contributed by atoms with Gasteiger partial charge in [0.2, 0.25) is 11.8 Å². The first-order valence-corrected chi connectivity index (χ1v) is 9.07. The maximum Gasteiger partial charge on any atom is 0.291 e. The Morgan fingerprint density at radius 2 is 2.00 bits per heavy atom. The maximum absolute atomic E-state index is 13.4. The van der Waals surface area contributed by atoms with Crippen LogP contribution in [0.4, 0.5) is 10.3 Å². The molecule has 148 valence electrons. The van der Waals surface area contributed by atoms with E-state index in [4.69, 9.17) is 4.52 Å². The molecule has 2 aromatic carbocycles. The fourth-order valence-electron chi connectivity index (χ4n) is 3.32. The van der Waals surface area contributed by atoms with Gasteiger partial charge in [-0.05, 0) is 18.2 Å². The van der Waals surface area contributed by atoms with E-state index >= 15 is 0 Å². The molecule has 0 fully saturated rings. The van der Waals surface area contributed by atoms with Gasteiger partial charge in [0, 0.05) is 27.9 Å². The van der Waals surface area contributed by atoms with Crippen LogP contribution in [0.15, 0.2) is 70.1 Å². The number of para-hydroxylation sites is 1. The minimum atomic E-state index is -0.512. The predicted octanol–water partition coefficient (Wildman–Crippen LogP) is 3.31. The molecule has 0 unspecified atom stereocenters. The lowest BCUT2D eigenvalue weighted by atomic mass is 10.1. The molecule has 5 aromatic rings. The highest BCUT2D eigenvalue weighted by Gasteiger charge is 2.14. The summed E-state index contributed by atoms with van der Waals surface area (Å²) < 4.78 is 19.5. The van der Waals surface area contributed by atoms with Crippen LogP contribution in [0.3, 0.4) is 0 Å². The minimum Gasteiger partial charge on any atom is -0.350 e. The Labute approximate surface area is 167 Å². The van der Waals surface area contributed by atoms with Gasteiger partial charge in [-0.25, -0.2) is 9.07 Å². The second-order valence-electron chi connectivity index (χ2n) is 6.70. The van der Waals surface area contributed by atoms with Gasteiger partial charge >= 0.3 is 0 Å². The van der Waals surface area contributed by atoms with Crippen LogP contribution in [0.5, 0.6) is 0 Å². The zero-order chi connectivity index (χ0) is 20.7. The molecule has 8 nitrogen and oxygen atoms in total. The Balaban J connectivity index is 1.37. The summed E-state index contributed by atoms with van der Waals surface area (Å²) in [5.74, 6) is -0.833. The van der Waals surface area contributed by atoms with Gasteiger partial charge in [0.1, 0.15) is 23.6 Å². The summed E-state index contributed by atoms with van der Waals surface area (Å²) in [6.07, 6.45) is 1.55. The molecule has 30 heavy (non-hydrogen) atoms. The molecular formula is C21H14FN5O3. The van der Waals surface area contributed by atoms with Crippen molar-refractivity contribution in [3.63, 3.8) is 0 Å². The topological polar surface area (TPSA) is 106 Å². The average molecular weight is 403 g/mol. The molecule has 0 bridgehead atoms. The van der Waals surface area contributed by atoms with Crippen LogP contribution in [0.1, 0.15) is 0 Å². The van der Waals surface area contributed by atoms with Crippen LogP contribution in [-0.4, -0.2) is 25.8 Å². The Hall–Kier alpha value is -4.27. The molecule has 2 N–H and O–H groups in total. The number of H-pyrrole nitrogens is 1.